The van der Waals surface area contributed by atoms with Gasteiger partial charge in [0.05, 0.1) is 24.3 Å². The minimum atomic E-state index is -0.369. The van der Waals surface area contributed by atoms with Gasteiger partial charge in [-0.25, -0.2) is 4.79 Å². The second-order valence-electron chi connectivity index (χ2n) is 7.53. The fourth-order valence-electron chi connectivity index (χ4n) is 3.78. The summed E-state index contributed by atoms with van der Waals surface area (Å²) in [5.41, 5.74) is 2.97. The smallest absolute Gasteiger partial charge is 0.338 e. The van der Waals surface area contributed by atoms with Gasteiger partial charge in [-0.3, -0.25) is 4.79 Å². The van der Waals surface area contributed by atoms with E-state index < -0.39 is 0 Å². The maximum absolute atomic E-state index is 13.2. The van der Waals surface area contributed by atoms with Gasteiger partial charge in [0.15, 0.2) is 0 Å². The van der Waals surface area contributed by atoms with Crippen LogP contribution in [0.5, 0.6) is 0 Å². The molecule has 0 fully saturated rings. The molecule has 3 aromatic rings. The molecule has 0 atom stereocenters. The predicted molar refractivity (Wildman–Crippen MR) is 122 cm³/mol. The first-order chi connectivity index (χ1) is 15.0. The Morgan fingerprint density at radius 1 is 1.10 bits per heavy atom. The molecule has 1 aliphatic rings. The van der Waals surface area contributed by atoms with E-state index in [9.17, 15) is 9.59 Å². The molecular formula is C24H26N2O4S. The number of fused-ring (bicyclic) bond motifs is 1. The molecule has 0 spiro atoms. The van der Waals surface area contributed by atoms with Crippen LogP contribution < -0.4 is 10.6 Å². The Balaban J connectivity index is 1.53. The highest BCUT2D eigenvalue weighted by molar-refractivity contribution is 7.16. The molecule has 4 rings (SSSR count). The Kier molecular flexibility index (Phi) is 6.42. The number of aryl methyl sites for hydroxylation is 2. The lowest BCUT2D eigenvalue weighted by Crippen LogP contribution is -2.16. The number of nitrogens with one attached hydrogen (secondary N) is 2. The molecule has 0 saturated heterocycles. The highest BCUT2D eigenvalue weighted by atomic mass is 32.1. The largest absolute Gasteiger partial charge is 0.465 e. The van der Waals surface area contributed by atoms with Gasteiger partial charge in [0.25, 0.3) is 5.91 Å². The number of hydrogen-bond acceptors (Lipinski definition) is 6. The molecule has 0 saturated carbocycles. The number of hydrogen-bond donors (Lipinski definition) is 2. The van der Waals surface area contributed by atoms with Crippen LogP contribution in [0.1, 0.15) is 62.4 Å². The molecule has 162 valence electrons. The van der Waals surface area contributed by atoms with Crippen molar-refractivity contribution in [1.29, 1.82) is 0 Å². The van der Waals surface area contributed by atoms with Crippen molar-refractivity contribution in [3.05, 3.63) is 69.5 Å². The topological polar surface area (TPSA) is 80.6 Å². The number of carbonyl (C=O) groups excluding carboxylic acids is 2. The molecule has 0 aliphatic heterocycles. The minimum absolute atomic E-state index is 0.138. The van der Waals surface area contributed by atoms with Gasteiger partial charge in [0.2, 0.25) is 0 Å². The Bertz CT molecular complexity index is 1080. The lowest BCUT2D eigenvalue weighted by molar-refractivity contribution is 0.0526. The van der Waals surface area contributed by atoms with Gasteiger partial charge >= 0.3 is 5.97 Å². The maximum atomic E-state index is 13.2. The lowest BCUT2D eigenvalue weighted by atomic mass is 9.95. The summed E-state index contributed by atoms with van der Waals surface area (Å²) in [5.74, 6) is 1.20. The number of amides is 1. The molecule has 2 N–H and O–H groups in total. The van der Waals surface area contributed by atoms with E-state index in [0.717, 1.165) is 53.3 Å². The van der Waals surface area contributed by atoms with Gasteiger partial charge in [-0.2, -0.15) is 0 Å². The summed E-state index contributed by atoms with van der Waals surface area (Å²) in [6.45, 7) is 4.54. The van der Waals surface area contributed by atoms with Gasteiger partial charge in [-0.05, 0) is 81.5 Å². The lowest BCUT2D eigenvalue weighted by Gasteiger charge is -2.13. The van der Waals surface area contributed by atoms with E-state index in [2.05, 4.69) is 10.6 Å². The standard InChI is InChI=1S/C24H26N2O4S/c1-3-29-24(28)16-9-11-17(12-10-16)26-22(27)21-19-6-4-5-7-20(19)31-23(21)25-14-18-13-8-15(2)30-18/h8-13,25H,3-7,14H2,1-2H3,(H,26,27). The molecule has 2 aromatic heterocycles. The second kappa shape index (κ2) is 9.39. The highest BCUT2D eigenvalue weighted by Crippen LogP contribution is 2.38. The van der Waals surface area contributed by atoms with Gasteiger partial charge in [0, 0.05) is 10.6 Å². The van der Waals surface area contributed by atoms with E-state index in [4.69, 9.17) is 9.15 Å². The van der Waals surface area contributed by atoms with Crippen molar-refractivity contribution < 1.29 is 18.7 Å². The van der Waals surface area contributed by atoms with Gasteiger partial charge < -0.3 is 19.8 Å². The van der Waals surface area contributed by atoms with Crippen LogP contribution in [-0.4, -0.2) is 18.5 Å². The van der Waals surface area contributed by atoms with E-state index in [1.807, 2.05) is 19.1 Å². The normalized spacial score (nSPS) is 12.8. The summed E-state index contributed by atoms with van der Waals surface area (Å²) in [7, 11) is 0. The first-order valence-corrected chi connectivity index (χ1v) is 11.4. The maximum Gasteiger partial charge on any atom is 0.338 e. The number of thiophene rings is 1. The molecule has 31 heavy (non-hydrogen) atoms. The summed E-state index contributed by atoms with van der Waals surface area (Å²) in [6.07, 6.45) is 4.17. The summed E-state index contributed by atoms with van der Waals surface area (Å²) in [4.78, 5) is 26.4. The third kappa shape index (κ3) is 4.82. The molecule has 0 bridgehead atoms. The van der Waals surface area contributed by atoms with Crippen molar-refractivity contribution in [3.63, 3.8) is 0 Å². The van der Waals surface area contributed by atoms with Gasteiger partial charge in [-0.15, -0.1) is 11.3 Å². The number of ether oxygens (including phenoxy) is 1. The molecule has 0 radical (unpaired) electrons. The van der Waals surface area contributed by atoms with Crippen molar-refractivity contribution in [2.45, 2.75) is 46.1 Å². The van der Waals surface area contributed by atoms with Crippen LogP contribution >= 0.6 is 11.3 Å². The van der Waals surface area contributed by atoms with Crippen molar-refractivity contribution in [2.24, 2.45) is 0 Å². The van der Waals surface area contributed by atoms with Crippen LogP contribution in [0.4, 0.5) is 10.7 Å². The van der Waals surface area contributed by atoms with Gasteiger partial charge in [-0.1, -0.05) is 0 Å². The molecule has 2 heterocycles. The fraction of sp³-hybridized carbons (Fsp3) is 0.333. The Labute approximate surface area is 185 Å². The van der Waals surface area contributed by atoms with E-state index >= 15 is 0 Å². The Hall–Kier alpha value is -3.06. The zero-order valence-electron chi connectivity index (χ0n) is 17.7. The number of benzene rings is 1. The molecule has 7 heteroatoms. The zero-order valence-corrected chi connectivity index (χ0v) is 18.6. The number of furan rings is 1. The third-order valence-corrected chi connectivity index (χ3v) is 6.52. The molecular weight excluding hydrogens is 412 g/mol. The van der Waals surface area contributed by atoms with Crippen molar-refractivity contribution in [3.8, 4) is 0 Å². The first-order valence-electron chi connectivity index (χ1n) is 10.6. The third-order valence-electron chi connectivity index (χ3n) is 5.27. The molecule has 0 unspecified atom stereocenters. The quantitative estimate of drug-likeness (QED) is 0.472. The molecule has 6 nitrogen and oxygen atoms in total. The number of esters is 1. The van der Waals surface area contributed by atoms with E-state index in [-0.39, 0.29) is 11.9 Å². The average molecular weight is 439 g/mol. The number of anilines is 2. The Morgan fingerprint density at radius 3 is 2.58 bits per heavy atom. The average Bonchev–Trinajstić information content (AvgIpc) is 3.35. The first kappa shape index (κ1) is 21.2. The summed E-state index contributed by atoms with van der Waals surface area (Å²) >= 11 is 1.66. The molecule has 1 amide bonds. The van der Waals surface area contributed by atoms with Crippen LogP contribution in [0.2, 0.25) is 0 Å². The summed E-state index contributed by atoms with van der Waals surface area (Å²) < 4.78 is 10.7. The van der Waals surface area contributed by atoms with Crippen molar-refractivity contribution >= 4 is 33.9 Å². The second-order valence-corrected chi connectivity index (χ2v) is 8.64. The monoisotopic (exact) mass is 438 g/mol. The predicted octanol–water partition coefficient (Wildman–Crippen LogP) is 5.57. The van der Waals surface area contributed by atoms with Crippen molar-refractivity contribution in [2.75, 3.05) is 17.2 Å². The zero-order chi connectivity index (χ0) is 21.8. The molecule has 1 aliphatic carbocycles. The fourth-order valence-corrected chi connectivity index (χ4v) is 5.06. The van der Waals surface area contributed by atoms with E-state index in [0.29, 0.717) is 24.4 Å². The Morgan fingerprint density at radius 2 is 1.87 bits per heavy atom. The number of rotatable bonds is 7. The SMILES string of the molecule is CCOC(=O)c1ccc(NC(=O)c2c(NCc3ccc(C)o3)sc3c2CCCC3)cc1. The van der Waals surface area contributed by atoms with E-state index in [1.165, 1.54) is 4.88 Å². The minimum Gasteiger partial charge on any atom is -0.465 e. The highest BCUT2D eigenvalue weighted by Gasteiger charge is 2.25. The van der Waals surface area contributed by atoms with Crippen molar-refractivity contribution in [1.82, 2.24) is 0 Å². The van der Waals surface area contributed by atoms with Crippen LogP contribution in [0, 0.1) is 6.92 Å². The van der Waals surface area contributed by atoms with E-state index in [1.54, 1.807) is 42.5 Å². The van der Waals surface area contributed by atoms with Crippen LogP contribution in [-0.2, 0) is 24.1 Å². The summed E-state index contributed by atoms with van der Waals surface area (Å²) in [6, 6.07) is 10.7. The van der Waals surface area contributed by atoms with Crippen LogP contribution in [0.3, 0.4) is 0 Å². The van der Waals surface area contributed by atoms with Crippen LogP contribution in [0.25, 0.3) is 0 Å². The summed E-state index contributed by atoms with van der Waals surface area (Å²) in [5, 5.41) is 7.27. The van der Waals surface area contributed by atoms with Crippen LogP contribution in [0.15, 0.2) is 40.8 Å². The molecule has 1 aromatic carbocycles. The number of carbonyl (C=O) groups is 2. The van der Waals surface area contributed by atoms with Gasteiger partial charge in [0.1, 0.15) is 16.5 Å².